The number of hydrogen-bond donors (Lipinski definition) is 1. The van der Waals surface area contributed by atoms with Crippen LogP contribution in [0.4, 0.5) is 0 Å². The maximum absolute atomic E-state index is 12.4. The molecule has 1 aliphatic rings. The van der Waals surface area contributed by atoms with Crippen molar-refractivity contribution in [1.29, 1.82) is 0 Å². The van der Waals surface area contributed by atoms with Gasteiger partial charge in [-0.3, -0.25) is 9.59 Å². The van der Waals surface area contributed by atoms with Crippen molar-refractivity contribution in [3.8, 4) is 0 Å². The highest BCUT2D eigenvalue weighted by molar-refractivity contribution is 7.89. The summed E-state index contributed by atoms with van der Waals surface area (Å²) in [6, 6.07) is 6.78. The van der Waals surface area contributed by atoms with E-state index >= 15 is 0 Å². The second-order valence-electron chi connectivity index (χ2n) is 5.53. The summed E-state index contributed by atoms with van der Waals surface area (Å²) < 4.78 is 25.8. The van der Waals surface area contributed by atoms with Crippen LogP contribution in [0.15, 0.2) is 35.2 Å². The predicted octanol–water partition coefficient (Wildman–Crippen LogP) is 0.791. The average Bonchev–Trinajstić information content (AvgIpc) is 3.35. The molecule has 22 heavy (non-hydrogen) atoms. The number of rotatable bonds is 7. The average molecular weight is 324 g/mol. The minimum atomic E-state index is -3.80. The molecule has 0 aliphatic heterocycles. The molecule has 0 spiro atoms. The highest BCUT2D eigenvalue weighted by atomic mass is 32.2. The standard InChI is InChI=1S/C15H20N2O4S/c1-11(14(18)15(19)16-10-12-8-9-12)17(2)22(20,21)13-6-4-3-5-7-13/h3-7,11-12H,8-10H2,1-2H3,(H,16,19). The molecule has 120 valence electrons. The van der Waals surface area contributed by atoms with E-state index in [-0.39, 0.29) is 4.90 Å². The number of nitrogens with one attached hydrogen (secondary N) is 1. The molecule has 1 atom stereocenters. The Hall–Kier alpha value is -1.73. The summed E-state index contributed by atoms with van der Waals surface area (Å²) in [6.45, 7) is 1.89. The molecule has 7 heteroatoms. The summed E-state index contributed by atoms with van der Waals surface area (Å²) >= 11 is 0. The van der Waals surface area contributed by atoms with E-state index in [4.69, 9.17) is 0 Å². The molecule has 0 saturated heterocycles. The topological polar surface area (TPSA) is 83.6 Å². The van der Waals surface area contributed by atoms with Gasteiger partial charge >= 0.3 is 0 Å². The fourth-order valence-corrected chi connectivity index (χ4v) is 3.31. The van der Waals surface area contributed by atoms with Crippen LogP contribution in [-0.2, 0) is 19.6 Å². The number of likely N-dealkylation sites (N-methyl/N-ethyl adjacent to an activating group) is 1. The number of carbonyl (C=O) groups excluding carboxylic acids is 2. The molecule has 0 radical (unpaired) electrons. The maximum atomic E-state index is 12.4. The van der Waals surface area contributed by atoms with Gasteiger partial charge in [0, 0.05) is 13.6 Å². The van der Waals surface area contributed by atoms with Crippen LogP contribution >= 0.6 is 0 Å². The van der Waals surface area contributed by atoms with Crippen molar-refractivity contribution in [2.75, 3.05) is 13.6 Å². The van der Waals surface area contributed by atoms with E-state index in [1.807, 2.05) is 0 Å². The Morgan fingerprint density at radius 1 is 1.27 bits per heavy atom. The molecule has 1 amide bonds. The smallest absolute Gasteiger partial charge is 0.289 e. The molecule has 1 aromatic rings. The molecule has 1 aliphatic carbocycles. The van der Waals surface area contributed by atoms with E-state index in [1.54, 1.807) is 18.2 Å². The first-order chi connectivity index (χ1) is 10.3. The van der Waals surface area contributed by atoms with Gasteiger partial charge in [0.15, 0.2) is 0 Å². The molecule has 1 N–H and O–H groups in total. The number of nitrogens with zero attached hydrogens (tertiary/aromatic N) is 1. The fourth-order valence-electron chi connectivity index (χ4n) is 1.97. The largest absolute Gasteiger partial charge is 0.349 e. The number of amides is 1. The first kappa shape index (κ1) is 16.6. The number of ketones is 1. The molecule has 1 fully saturated rings. The second kappa shape index (κ2) is 6.58. The molecule has 1 unspecified atom stereocenters. The number of Topliss-reactive ketones (excluding diaryl/α,β-unsaturated/α-hetero) is 1. The zero-order chi connectivity index (χ0) is 16.3. The Labute approximate surface area is 130 Å². The number of benzene rings is 1. The third-order valence-corrected chi connectivity index (χ3v) is 5.76. The third-order valence-electron chi connectivity index (χ3n) is 3.82. The van der Waals surface area contributed by atoms with Gasteiger partial charge in [0.25, 0.3) is 5.91 Å². The lowest BCUT2D eigenvalue weighted by molar-refractivity contribution is -0.139. The van der Waals surface area contributed by atoms with Gasteiger partial charge < -0.3 is 5.32 Å². The highest BCUT2D eigenvalue weighted by Gasteiger charge is 2.33. The van der Waals surface area contributed by atoms with Crippen LogP contribution in [0.25, 0.3) is 0 Å². The Kier molecular flexibility index (Phi) is 4.97. The van der Waals surface area contributed by atoms with E-state index in [0.29, 0.717) is 12.5 Å². The first-order valence-corrected chi connectivity index (χ1v) is 8.63. The van der Waals surface area contributed by atoms with E-state index in [9.17, 15) is 18.0 Å². The van der Waals surface area contributed by atoms with Crippen molar-refractivity contribution < 1.29 is 18.0 Å². The molecule has 0 aromatic heterocycles. The molecule has 1 saturated carbocycles. The van der Waals surface area contributed by atoms with Crippen molar-refractivity contribution in [1.82, 2.24) is 9.62 Å². The zero-order valence-corrected chi connectivity index (χ0v) is 13.5. The quantitative estimate of drug-likeness (QED) is 0.752. The van der Waals surface area contributed by atoms with Crippen molar-refractivity contribution in [3.05, 3.63) is 30.3 Å². The van der Waals surface area contributed by atoms with Crippen LogP contribution in [0, 0.1) is 5.92 Å². The van der Waals surface area contributed by atoms with E-state index in [0.717, 1.165) is 17.1 Å². The van der Waals surface area contributed by atoms with Crippen LogP contribution < -0.4 is 5.32 Å². The predicted molar refractivity (Wildman–Crippen MR) is 81.6 cm³/mol. The van der Waals surface area contributed by atoms with E-state index < -0.39 is 27.8 Å². The minimum Gasteiger partial charge on any atom is -0.349 e. The monoisotopic (exact) mass is 324 g/mol. The summed E-state index contributed by atoms with van der Waals surface area (Å²) in [5, 5.41) is 2.56. The number of sulfonamides is 1. The Morgan fingerprint density at radius 3 is 2.41 bits per heavy atom. The molecule has 2 rings (SSSR count). The molecule has 6 nitrogen and oxygen atoms in total. The SMILES string of the molecule is CC(C(=O)C(=O)NCC1CC1)N(C)S(=O)(=O)c1ccccc1. The van der Waals surface area contributed by atoms with Crippen LogP contribution in [0.2, 0.25) is 0 Å². The van der Waals surface area contributed by atoms with Gasteiger partial charge in [-0.15, -0.1) is 0 Å². The lowest BCUT2D eigenvalue weighted by atomic mass is 10.2. The van der Waals surface area contributed by atoms with Gasteiger partial charge in [0.1, 0.15) is 0 Å². The number of carbonyl (C=O) groups is 2. The summed E-state index contributed by atoms with van der Waals surface area (Å²) in [5.74, 6) is -1.02. The van der Waals surface area contributed by atoms with E-state index in [2.05, 4.69) is 5.32 Å². The summed E-state index contributed by atoms with van der Waals surface area (Å²) in [4.78, 5) is 24.0. The van der Waals surface area contributed by atoms with Crippen LogP contribution in [0.5, 0.6) is 0 Å². The normalized spacial score (nSPS) is 16.3. The summed E-state index contributed by atoms with van der Waals surface area (Å²) in [5.41, 5.74) is 0. The van der Waals surface area contributed by atoms with Gasteiger partial charge in [-0.1, -0.05) is 18.2 Å². The number of hydrogen-bond acceptors (Lipinski definition) is 4. The molecular weight excluding hydrogens is 304 g/mol. The minimum absolute atomic E-state index is 0.0931. The molecule has 0 heterocycles. The Morgan fingerprint density at radius 2 is 1.86 bits per heavy atom. The van der Waals surface area contributed by atoms with Gasteiger partial charge in [-0.05, 0) is 37.8 Å². The Bertz CT molecular complexity index is 653. The third kappa shape index (κ3) is 3.72. The highest BCUT2D eigenvalue weighted by Crippen LogP contribution is 2.27. The van der Waals surface area contributed by atoms with Crippen molar-refractivity contribution in [2.45, 2.75) is 30.7 Å². The lowest BCUT2D eigenvalue weighted by Crippen LogP contribution is -2.47. The fraction of sp³-hybridized carbons (Fsp3) is 0.467. The van der Waals surface area contributed by atoms with Gasteiger partial charge in [-0.2, -0.15) is 4.31 Å². The van der Waals surface area contributed by atoms with Gasteiger partial charge in [-0.25, -0.2) is 8.42 Å². The van der Waals surface area contributed by atoms with Crippen molar-refractivity contribution in [2.24, 2.45) is 5.92 Å². The molecule has 0 bridgehead atoms. The molecular formula is C15H20N2O4S. The second-order valence-corrected chi connectivity index (χ2v) is 7.53. The summed E-state index contributed by atoms with van der Waals surface area (Å²) in [6.07, 6.45) is 2.12. The van der Waals surface area contributed by atoms with E-state index in [1.165, 1.54) is 26.1 Å². The maximum Gasteiger partial charge on any atom is 0.289 e. The van der Waals surface area contributed by atoms with Crippen LogP contribution in [0.1, 0.15) is 19.8 Å². The van der Waals surface area contributed by atoms with Gasteiger partial charge in [0.2, 0.25) is 15.8 Å². The van der Waals surface area contributed by atoms with Crippen LogP contribution in [0.3, 0.4) is 0 Å². The van der Waals surface area contributed by atoms with Crippen LogP contribution in [-0.4, -0.2) is 44.0 Å². The first-order valence-electron chi connectivity index (χ1n) is 7.19. The van der Waals surface area contributed by atoms with Crippen molar-refractivity contribution >= 4 is 21.7 Å². The lowest BCUT2D eigenvalue weighted by Gasteiger charge is -2.22. The Balaban J connectivity index is 2.05. The van der Waals surface area contributed by atoms with Crippen molar-refractivity contribution in [3.63, 3.8) is 0 Å². The van der Waals surface area contributed by atoms with Gasteiger partial charge in [0.05, 0.1) is 10.9 Å². The zero-order valence-electron chi connectivity index (χ0n) is 12.7. The molecule has 1 aromatic carbocycles. The summed E-state index contributed by atoms with van der Waals surface area (Å²) in [7, 11) is -2.50.